The number of nitrogens with one attached hydrogen (secondary N) is 2. The molecule has 3 N–H and O–H groups in total. The van der Waals surface area contributed by atoms with Crippen molar-refractivity contribution >= 4 is 16.5 Å². The lowest BCUT2D eigenvalue weighted by Crippen LogP contribution is -2.19. The van der Waals surface area contributed by atoms with Crippen LogP contribution in [0.25, 0.3) is 16.5 Å². The highest BCUT2D eigenvalue weighted by Gasteiger charge is 2.10. The molecule has 2 heterocycles. The van der Waals surface area contributed by atoms with Crippen LogP contribution in [0.5, 0.6) is 5.75 Å². The molecule has 3 rings (SSSR count). The van der Waals surface area contributed by atoms with Crippen LogP contribution >= 0.6 is 0 Å². The van der Waals surface area contributed by atoms with Crippen LogP contribution in [0, 0.1) is 0 Å². The smallest absolute Gasteiger partial charge is 0.117 e. The summed E-state index contributed by atoms with van der Waals surface area (Å²) in [5, 5.41) is 13.9. The molecule has 0 spiro atoms. The fraction of sp³-hybridized carbons (Fsp3) is 0.231. The molecule has 3 heteroatoms. The SMILES string of the molecule is Oc1ccc2c(C3=CCNCC3)c[nH]c2c1. The van der Waals surface area contributed by atoms with Crippen LogP contribution in [0.2, 0.25) is 0 Å². The van der Waals surface area contributed by atoms with Gasteiger partial charge in [0.2, 0.25) is 0 Å². The molecule has 0 aliphatic carbocycles. The van der Waals surface area contributed by atoms with Gasteiger partial charge in [0, 0.05) is 35.3 Å². The van der Waals surface area contributed by atoms with E-state index in [0.717, 1.165) is 25.0 Å². The second-order valence-corrected chi connectivity index (χ2v) is 4.12. The van der Waals surface area contributed by atoms with Crippen LogP contribution in [0.3, 0.4) is 0 Å². The Morgan fingerprint density at radius 2 is 2.19 bits per heavy atom. The van der Waals surface area contributed by atoms with E-state index in [4.69, 9.17) is 0 Å². The highest BCUT2D eigenvalue weighted by molar-refractivity contribution is 5.93. The molecule has 0 amide bonds. The number of aromatic nitrogens is 1. The first-order chi connectivity index (χ1) is 7.84. The van der Waals surface area contributed by atoms with Crippen LogP contribution < -0.4 is 5.32 Å². The summed E-state index contributed by atoms with van der Waals surface area (Å²) in [6, 6.07) is 5.47. The van der Waals surface area contributed by atoms with Crippen molar-refractivity contribution in [1.82, 2.24) is 10.3 Å². The zero-order valence-electron chi connectivity index (χ0n) is 8.96. The summed E-state index contributed by atoms with van der Waals surface area (Å²) in [6.45, 7) is 1.98. The normalized spacial score (nSPS) is 16.4. The fourth-order valence-electron chi connectivity index (χ4n) is 2.25. The van der Waals surface area contributed by atoms with Gasteiger partial charge in [-0.05, 0) is 30.7 Å². The van der Waals surface area contributed by atoms with Crippen molar-refractivity contribution in [3.63, 3.8) is 0 Å². The van der Waals surface area contributed by atoms with Crippen molar-refractivity contribution in [1.29, 1.82) is 0 Å². The first-order valence-electron chi connectivity index (χ1n) is 5.55. The van der Waals surface area contributed by atoms with Gasteiger partial charge in [0.05, 0.1) is 0 Å². The van der Waals surface area contributed by atoms with Gasteiger partial charge in [-0.3, -0.25) is 0 Å². The van der Waals surface area contributed by atoms with Crippen LogP contribution in [0.4, 0.5) is 0 Å². The average molecular weight is 214 g/mol. The second kappa shape index (κ2) is 3.68. The molecule has 3 nitrogen and oxygen atoms in total. The van der Waals surface area contributed by atoms with Crippen molar-refractivity contribution in [2.24, 2.45) is 0 Å². The van der Waals surface area contributed by atoms with Crippen LogP contribution in [0.1, 0.15) is 12.0 Å². The van der Waals surface area contributed by atoms with Gasteiger partial charge in [-0.25, -0.2) is 0 Å². The second-order valence-electron chi connectivity index (χ2n) is 4.12. The summed E-state index contributed by atoms with van der Waals surface area (Å²) in [7, 11) is 0. The fourth-order valence-corrected chi connectivity index (χ4v) is 2.25. The lowest BCUT2D eigenvalue weighted by atomic mass is 10.00. The maximum Gasteiger partial charge on any atom is 0.117 e. The molecule has 0 saturated carbocycles. The summed E-state index contributed by atoms with van der Waals surface area (Å²) in [5.74, 6) is 0.306. The molecule has 0 radical (unpaired) electrons. The number of aromatic amines is 1. The number of benzene rings is 1. The number of hydrogen-bond acceptors (Lipinski definition) is 2. The number of hydrogen-bond donors (Lipinski definition) is 3. The van der Waals surface area contributed by atoms with E-state index in [2.05, 4.69) is 16.4 Å². The molecule has 1 aliphatic rings. The van der Waals surface area contributed by atoms with Gasteiger partial charge in [0.1, 0.15) is 5.75 Å². The maximum absolute atomic E-state index is 9.41. The average Bonchev–Trinajstić information content (AvgIpc) is 2.73. The Hall–Kier alpha value is -1.74. The van der Waals surface area contributed by atoms with Crippen molar-refractivity contribution < 1.29 is 5.11 Å². The van der Waals surface area contributed by atoms with E-state index in [9.17, 15) is 5.11 Å². The summed E-state index contributed by atoms with van der Waals surface area (Å²) in [6.07, 6.45) is 5.33. The van der Waals surface area contributed by atoms with Crippen molar-refractivity contribution in [3.8, 4) is 5.75 Å². The van der Waals surface area contributed by atoms with Gasteiger partial charge in [-0.15, -0.1) is 0 Å². The first-order valence-corrected chi connectivity index (χ1v) is 5.55. The Bertz CT molecular complexity index is 554. The van der Waals surface area contributed by atoms with Crippen LogP contribution in [0.15, 0.2) is 30.5 Å². The standard InChI is InChI=1S/C13H14N2O/c16-10-1-2-11-12(8-15-13(11)7-10)9-3-5-14-6-4-9/h1-3,7-8,14-16H,4-6H2. The molecule has 0 fully saturated rings. The Labute approximate surface area is 93.8 Å². The van der Waals surface area contributed by atoms with E-state index in [1.54, 1.807) is 12.1 Å². The zero-order valence-corrected chi connectivity index (χ0v) is 8.96. The van der Waals surface area contributed by atoms with E-state index in [0.29, 0.717) is 5.75 Å². The molecular weight excluding hydrogens is 200 g/mol. The predicted molar refractivity (Wildman–Crippen MR) is 65.4 cm³/mol. The third kappa shape index (κ3) is 1.49. The maximum atomic E-state index is 9.41. The molecule has 0 unspecified atom stereocenters. The van der Waals surface area contributed by atoms with Crippen molar-refractivity contribution in [3.05, 3.63) is 36.0 Å². The van der Waals surface area contributed by atoms with E-state index >= 15 is 0 Å². The molecule has 0 atom stereocenters. The summed E-state index contributed by atoms with van der Waals surface area (Å²) in [4.78, 5) is 3.21. The van der Waals surface area contributed by atoms with Crippen LogP contribution in [-0.4, -0.2) is 23.2 Å². The number of aromatic hydroxyl groups is 1. The number of phenols is 1. The Morgan fingerprint density at radius 1 is 1.25 bits per heavy atom. The van der Waals surface area contributed by atoms with E-state index < -0.39 is 0 Å². The van der Waals surface area contributed by atoms with Crippen molar-refractivity contribution in [2.45, 2.75) is 6.42 Å². The molecule has 82 valence electrons. The number of phenolic OH excluding ortho intramolecular Hbond substituents is 1. The summed E-state index contributed by atoms with van der Waals surface area (Å²) in [5.41, 5.74) is 3.64. The Kier molecular flexibility index (Phi) is 2.18. The van der Waals surface area contributed by atoms with E-state index in [-0.39, 0.29) is 0 Å². The number of fused-ring (bicyclic) bond motifs is 1. The third-order valence-corrected chi connectivity index (χ3v) is 3.08. The summed E-state index contributed by atoms with van der Waals surface area (Å²) < 4.78 is 0. The highest BCUT2D eigenvalue weighted by atomic mass is 16.3. The monoisotopic (exact) mass is 214 g/mol. The van der Waals surface area contributed by atoms with Gasteiger partial charge < -0.3 is 15.4 Å². The lowest BCUT2D eigenvalue weighted by molar-refractivity contribution is 0.476. The zero-order chi connectivity index (χ0) is 11.0. The Morgan fingerprint density at radius 3 is 3.00 bits per heavy atom. The molecular formula is C13H14N2O. The molecule has 2 aromatic rings. The minimum absolute atomic E-state index is 0.306. The highest BCUT2D eigenvalue weighted by Crippen LogP contribution is 2.29. The van der Waals surface area contributed by atoms with Gasteiger partial charge in [0.15, 0.2) is 0 Å². The molecule has 16 heavy (non-hydrogen) atoms. The molecule has 1 aromatic carbocycles. The predicted octanol–water partition coefficient (Wildman–Crippen LogP) is 2.25. The molecule has 0 bridgehead atoms. The van der Waals surface area contributed by atoms with E-state index in [1.807, 2.05) is 12.3 Å². The molecule has 1 aromatic heterocycles. The third-order valence-electron chi connectivity index (χ3n) is 3.08. The quantitative estimate of drug-likeness (QED) is 0.682. The van der Waals surface area contributed by atoms with Gasteiger partial charge in [-0.2, -0.15) is 0 Å². The summed E-state index contributed by atoms with van der Waals surface area (Å²) >= 11 is 0. The van der Waals surface area contributed by atoms with Gasteiger partial charge in [0.25, 0.3) is 0 Å². The minimum Gasteiger partial charge on any atom is -0.508 e. The van der Waals surface area contributed by atoms with Gasteiger partial charge in [-0.1, -0.05) is 6.08 Å². The minimum atomic E-state index is 0.306. The van der Waals surface area contributed by atoms with E-state index in [1.165, 1.54) is 16.5 Å². The van der Waals surface area contributed by atoms with Crippen LogP contribution in [-0.2, 0) is 0 Å². The first kappa shape index (κ1) is 9.48. The topological polar surface area (TPSA) is 48.0 Å². The molecule has 0 saturated heterocycles. The lowest BCUT2D eigenvalue weighted by Gasteiger charge is -2.13. The van der Waals surface area contributed by atoms with Crippen molar-refractivity contribution in [2.75, 3.05) is 13.1 Å². The molecule has 1 aliphatic heterocycles. The number of rotatable bonds is 1. The Balaban J connectivity index is 2.13. The van der Waals surface area contributed by atoms with Gasteiger partial charge >= 0.3 is 0 Å². The number of H-pyrrole nitrogens is 1. The largest absolute Gasteiger partial charge is 0.508 e.